The number of nitrogens with zero attached hydrogens (tertiary/aromatic N) is 2. The van der Waals surface area contributed by atoms with Crippen LogP contribution < -0.4 is 20.3 Å². The summed E-state index contributed by atoms with van der Waals surface area (Å²) >= 11 is 13.1. The number of rotatable bonds is 9. The van der Waals surface area contributed by atoms with Gasteiger partial charge in [0.25, 0.3) is 0 Å². The summed E-state index contributed by atoms with van der Waals surface area (Å²) in [6.45, 7) is 3.54. The summed E-state index contributed by atoms with van der Waals surface area (Å²) in [5.74, 6) is -0.332. The normalized spacial score (nSPS) is 10.7. The number of urea groups is 1. The molecule has 0 aliphatic heterocycles. The summed E-state index contributed by atoms with van der Waals surface area (Å²) in [5.41, 5.74) is 3.16. The second-order valence-electron chi connectivity index (χ2n) is 8.97. The fourth-order valence-corrected chi connectivity index (χ4v) is 4.59. The first kappa shape index (κ1) is 29.6. The number of carbonyl (C=O) groups excluding carboxylic acids is 3. The van der Waals surface area contributed by atoms with Gasteiger partial charge in [0.1, 0.15) is 12.4 Å². The van der Waals surface area contributed by atoms with Gasteiger partial charge >= 0.3 is 12.0 Å². The maximum atomic E-state index is 12.9. The van der Waals surface area contributed by atoms with E-state index in [1.165, 1.54) is 11.0 Å². The van der Waals surface area contributed by atoms with Gasteiger partial charge in [-0.3, -0.25) is 4.79 Å². The number of aromatic nitrogens is 1. The van der Waals surface area contributed by atoms with Crippen LogP contribution in [-0.4, -0.2) is 43.1 Å². The highest BCUT2D eigenvalue weighted by atomic mass is 35.5. The zero-order chi connectivity index (χ0) is 29.5. The Morgan fingerprint density at radius 2 is 1.78 bits per heavy atom. The zero-order valence-corrected chi connectivity index (χ0v) is 24.2. The summed E-state index contributed by atoms with van der Waals surface area (Å²) in [6.07, 6.45) is 0. The molecule has 0 atom stereocenters. The molecule has 0 bridgehead atoms. The molecular weight excluding hydrogens is 567 g/mol. The Bertz CT molecular complexity index is 1610. The molecule has 1 heterocycles. The van der Waals surface area contributed by atoms with E-state index in [0.717, 1.165) is 16.6 Å². The van der Waals surface area contributed by atoms with Gasteiger partial charge in [-0.2, -0.15) is 0 Å². The first-order chi connectivity index (χ1) is 19.7. The van der Waals surface area contributed by atoms with Crippen molar-refractivity contribution in [2.75, 3.05) is 30.4 Å². The number of amides is 3. The van der Waals surface area contributed by atoms with Crippen LogP contribution in [0.3, 0.4) is 0 Å². The molecule has 0 aliphatic carbocycles. The van der Waals surface area contributed by atoms with Crippen molar-refractivity contribution in [1.82, 2.24) is 10.3 Å². The molecule has 2 N–H and O–H groups in total. The molecule has 3 amide bonds. The predicted molar refractivity (Wildman–Crippen MR) is 160 cm³/mol. The molecular formula is C30H28Cl2N4O5. The van der Waals surface area contributed by atoms with Crippen molar-refractivity contribution < 1.29 is 23.9 Å². The number of ether oxygens (including phenoxy) is 2. The molecule has 41 heavy (non-hydrogen) atoms. The van der Waals surface area contributed by atoms with Crippen LogP contribution in [-0.2, 0) is 16.1 Å². The van der Waals surface area contributed by atoms with Crippen LogP contribution in [0.25, 0.3) is 10.9 Å². The Morgan fingerprint density at radius 3 is 2.56 bits per heavy atom. The minimum atomic E-state index is -0.622. The first-order valence-electron chi connectivity index (χ1n) is 12.7. The van der Waals surface area contributed by atoms with E-state index >= 15 is 0 Å². The lowest BCUT2D eigenvalue weighted by Gasteiger charge is -2.21. The number of esters is 1. The van der Waals surface area contributed by atoms with Gasteiger partial charge in [0, 0.05) is 28.7 Å². The van der Waals surface area contributed by atoms with Crippen molar-refractivity contribution in [3.8, 4) is 5.75 Å². The fraction of sp³-hybridized carbons (Fsp3) is 0.200. The number of likely N-dealkylation sites (N-methyl/N-ethyl adjacent to an activating group) is 1. The molecule has 4 rings (SSSR count). The Labute approximate surface area is 247 Å². The standard InChI is InChI=1S/C30H28Cl2N4O5/c1-4-40-29(38)20-9-7-10-21(14-20)35-30(39)33-16-27(37)36(3)25-13-12-23(31)22(28(25)32)17-41-26-15-19-8-5-6-11-24(19)34-18(26)2/h5-15H,4,16-17H2,1-3H3,(H2,33,35,39). The third-order valence-electron chi connectivity index (χ3n) is 6.17. The lowest BCUT2D eigenvalue weighted by atomic mass is 10.1. The van der Waals surface area contributed by atoms with Gasteiger partial charge in [0.05, 0.1) is 40.6 Å². The second-order valence-corrected chi connectivity index (χ2v) is 9.76. The van der Waals surface area contributed by atoms with Gasteiger partial charge in [0.2, 0.25) is 5.91 Å². The lowest BCUT2D eigenvalue weighted by molar-refractivity contribution is -0.117. The molecule has 3 aromatic carbocycles. The van der Waals surface area contributed by atoms with E-state index in [9.17, 15) is 14.4 Å². The summed E-state index contributed by atoms with van der Waals surface area (Å²) in [7, 11) is 1.54. The highest BCUT2D eigenvalue weighted by Crippen LogP contribution is 2.35. The van der Waals surface area contributed by atoms with Crippen molar-refractivity contribution >= 4 is 63.4 Å². The van der Waals surface area contributed by atoms with Crippen molar-refractivity contribution in [3.05, 3.63) is 93.6 Å². The number of fused-ring (bicyclic) bond motifs is 1. The van der Waals surface area contributed by atoms with Gasteiger partial charge in [-0.15, -0.1) is 0 Å². The van der Waals surface area contributed by atoms with Gasteiger partial charge in [0.15, 0.2) is 0 Å². The summed E-state index contributed by atoms with van der Waals surface area (Å²) < 4.78 is 11.0. The number of halogens is 2. The Morgan fingerprint density at radius 1 is 1.00 bits per heavy atom. The van der Waals surface area contributed by atoms with E-state index in [1.807, 2.05) is 37.3 Å². The van der Waals surface area contributed by atoms with E-state index in [0.29, 0.717) is 33.3 Å². The van der Waals surface area contributed by atoms with Crippen LogP contribution in [0.4, 0.5) is 16.2 Å². The highest BCUT2D eigenvalue weighted by molar-refractivity contribution is 6.38. The number of hydrogen-bond donors (Lipinski definition) is 2. The van der Waals surface area contributed by atoms with Gasteiger partial charge in [-0.25, -0.2) is 14.6 Å². The molecule has 0 unspecified atom stereocenters. The molecule has 212 valence electrons. The van der Waals surface area contributed by atoms with Crippen molar-refractivity contribution in [2.45, 2.75) is 20.5 Å². The topological polar surface area (TPSA) is 110 Å². The van der Waals surface area contributed by atoms with E-state index in [2.05, 4.69) is 15.6 Å². The van der Waals surface area contributed by atoms with Gasteiger partial charge in [-0.05, 0) is 56.3 Å². The quantitative estimate of drug-likeness (QED) is 0.217. The molecule has 4 aromatic rings. The van der Waals surface area contributed by atoms with Gasteiger partial charge < -0.3 is 25.0 Å². The van der Waals surface area contributed by atoms with Crippen molar-refractivity contribution in [2.24, 2.45) is 0 Å². The molecule has 0 radical (unpaired) electrons. The van der Waals surface area contributed by atoms with Crippen molar-refractivity contribution in [1.29, 1.82) is 0 Å². The van der Waals surface area contributed by atoms with E-state index in [-0.39, 0.29) is 24.8 Å². The van der Waals surface area contributed by atoms with Crippen LogP contribution in [0.2, 0.25) is 10.0 Å². The van der Waals surface area contributed by atoms with Crippen LogP contribution in [0, 0.1) is 6.92 Å². The molecule has 0 saturated heterocycles. The Kier molecular flexibility index (Phi) is 9.65. The van der Waals surface area contributed by atoms with Crippen LogP contribution in [0.15, 0.2) is 66.7 Å². The SMILES string of the molecule is CCOC(=O)c1cccc(NC(=O)NCC(=O)N(C)c2ccc(Cl)c(COc3cc4ccccc4nc3C)c2Cl)c1. The van der Waals surface area contributed by atoms with Crippen molar-refractivity contribution in [3.63, 3.8) is 0 Å². The number of aryl methyl sites for hydroxylation is 1. The summed E-state index contributed by atoms with van der Waals surface area (Å²) in [6, 6.07) is 18.6. The minimum Gasteiger partial charge on any atom is -0.487 e. The molecule has 11 heteroatoms. The number of hydrogen-bond acceptors (Lipinski definition) is 6. The number of pyridine rings is 1. The number of anilines is 2. The first-order valence-corrected chi connectivity index (χ1v) is 13.5. The minimum absolute atomic E-state index is 0.0555. The highest BCUT2D eigenvalue weighted by Gasteiger charge is 2.20. The predicted octanol–water partition coefficient (Wildman–Crippen LogP) is 6.39. The lowest BCUT2D eigenvalue weighted by Crippen LogP contribution is -2.40. The number of nitrogens with one attached hydrogen (secondary N) is 2. The number of carbonyl (C=O) groups is 3. The van der Waals surface area contributed by atoms with Crippen LogP contribution in [0.1, 0.15) is 28.5 Å². The van der Waals surface area contributed by atoms with E-state index < -0.39 is 17.9 Å². The number of benzene rings is 3. The molecule has 0 saturated carbocycles. The van der Waals surface area contributed by atoms with Gasteiger partial charge in [-0.1, -0.05) is 47.5 Å². The monoisotopic (exact) mass is 594 g/mol. The fourth-order valence-electron chi connectivity index (χ4n) is 3.99. The molecule has 9 nitrogen and oxygen atoms in total. The third kappa shape index (κ3) is 7.25. The zero-order valence-electron chi connectivity index (χ0n) is 22.7. The Hall–Kier alpha value is -4.34. The summed E-state index contributed by atoms with van der Waals surface area (Å²) in [5, 5.41) is 6.68. The smallest absolute Gasteiger partial charge is 0.338 e. The maximum Gasteiger partial charge on any atom is 0.338 e. The average Bonchev–Trinajstić information content (AvgIpc) is 2.96. The molecule has 0 fully saturated rings. The second kappa shape index (κ2) is 13.3. The van der Waals surface area contributed by atoms with E-state index in [4.69, 9.17) is 32.7 Å². The summed E-state index contributed by atoms with van der Waals surface area (Å²) in [4.78, 5) is 43.1. The third-order valence-corrected chi connectivity index (χ3v) is 6.95. The van der Waals surface area contributed by atoms with Crippen LogP contribution in [0.5, 0.6) is 5.75 Å². The average molecular weight is 595 g/mol. The largest absolute Gasteiger partial charge is 0.487 e. The van der Waals surface area contributed by atoms with Crippen LogP contribution >= 0.6 is 23.2 Å². The molecule has 0 aliphatic rings. The molecule has 1 aromatic heterocycles. The van der Waals surface area contributed by atoms with E-state index in [1.54, 1.807) is 44.3 Å². The molecule has 0 spiro atoms. The Balaban J connectivity index is 1.39. The number of para-hydroxylation sites is 1. The maximum absolute atomic E-state index is 12.9.